The summed E-state index contributed by atoms with van der Waals surface area (Å²) in [6.07, 6.45) is 6.54. The lowest BCUT2D eigenvalue weighted by Gasteiger charge is -2.37. The van der Waals surface area contributed by atoms with Crippen LogP contribution in [0.2, 0.25) is 0 Å². The normalized spacial score (nSPS) is 24.0. The van der Waals surface area contributed by atoms with Crippen LogP contribution in [0.15, 0.2) is 0 Å². The zero-order chi connectivity index (χ0) is 14.3. The predicted octanol–water partition coefficient (Wildman–Crippen LogP) is 2.57. The number of nitrogens with one attached hydrogen (secondary N) is 1. The highest BCUT2D eigenvalue weighted by Gasteiger charge is 2.27. The van der Waals surface area contributed by atoms with E-state index in [0.29, 0.717) is 12.1 Å². The SMILES string of the molecule is CCCC(NCC)C(CC)N(C)CC1CCCN1C. The molecule has 3 nitrogen and oxygen atoms in total. The van der Waals surface area contributed by atoms with E-state index in [2.05, 4.69) is 50.0 Å². The number of hydrogen-bond donors (Lipinski definition) is 1. The van der Waals surface area contributed by atoms with E-state index in [9.17, 15) is 0 Å². The standard InChI is InChI=1S/C16H35N3/c1-6-10-15(17-8-3)16(7-2)19(5)13-14-11-9-12-18(14)4/h14-17H,6-13H2,1-5H3. The van der Waals surface area contributed by atoms with Crippen molar-refractivity contribution in [2.45, 2.75) is 71.0 Å². The summed E-state index contributed by atoms with van der Waals surface area (Å²) in [5.41, 5.74) is 0. The van der Waals surface area contributed by atoms with E-state index in [1.807, 2.05) is 0 Å². The van der Waals surface area contributed by atoms with Gasteiger partial charge in [0.2, 0.25) is 0 Å². The summed E-state index contributed by atoms with van der Waals surface area (Å²) in [4.78, 5) is 5.14. The Morgan fingerprint density at radius 3 is 2.53 bits per heavy atom. The third kappa shape index (κ3) is 5.05. The van der Waals surface area contributed by atoms with Crippen LogP contribution in [-0.2, 0) is 0 Å². The van der Waals surface area contributed by atoms with Crippen molar-refractivity contribution in [2.24, 2.45) is 0 Å². The van der Waals surface area contributed by atoms with Crippen molar-refractivity contribution >= 4 is 0 Å². The Kier molecular flexibility index (Phi) is 7.96. The Bertz CT molecular complexity index is 226. The van der Waals surface area contributed by atoms with Crippen LogP contribution in [0.5, 0.6) is 0 Å². The maximum Gasteiger partial charge on any atom is 0.0244 e. The van der Waals surface area contributed by atoms with Gasteiger partial charge in [-0.2, -0.15) is 0 Å². The Hall–Kier alpha value is -0.120. The van der Waals surface area contributed by atoms with Gasteiger partial charge in [-0.1, -0.05) is 27.2 Å². The molecule has 0 bridgehead atoms. The number of hydrogen-bond acceptors (Lipinski definition) is 3. The molecule has 0 spiro atoms. The van der Waals surface area contributed by atoms with E-state index in [0.717, 1.165) is 12.6 Å². The topological polar surface area (TPSA) is 18.5 Å². The van der Waals surface area contributed by atoms with Crippen LogP contribution in [0.25, 0.3) is 0 Å². The van der Waals surface area contributed by atoms with Gasteiger partial charge in [0, 0.05) is 24.7 Å². The first kappa shape index (κ1) is 16.9. The lowest BCUT2D eigenvalue weighted by molar-refractivity contribution is 0.141. The maximum atomic E-state index is 3.70. The molecule has 1 N–H and O–H groups in total. The van der Waals surface area contributed by atoms with Gasteiger partial charge in [0.05, 0.1) is 0 Å². The van der Waals surface area contributed by atoms with E-state index >= 15 is 0 Å². The van der Waals surface area contributed by atoms with E-state index < -0.39 is 0 Å². The fraction of sp³-hybridized carbons (Fsp3) is 1.00. The van der Waals surface area contributed by atoms with Gasteiger partial charge < -0.3 is 15.1 Å². The van der Waals surface area contributed by atoms with Crippen molar-refractivity contribution in [3.63, 3.8) is 0 Å². The van der Waals surface area contributed by atoms with Gasteiger partial charge in [0.1, 0.15) is 0 Å². The van der Waals surface area contributed by atoms with Gasteiger partial charge in [-0.15, -0.1) is 0 Å². The van der Waals surface area contributed by atoms with Gasteiger partial charge in [0.15, 0.2) is 0 Å². The van der Waals surface area contributed by atoms with Crippen molar-refractivity contribution in [1.29, 1.82) is 0 Å². The molecule has 0 saturated carbocycles. The molecule has 114 valence electrons. The minimum atomic E-state index is 0.650. The summed E-state index contributed by atoms with van der Waals surface area (Å²) < 4.78 is 0. The minimum Gasteiger partial charge on any atom is -0.313 e. The molecular formula is C16H35N3. The quantitative estimate of drug-likeness (QED) is 0.694. The molecule has 1 heterocycles. The summed E-state index contributed by atoms with van der Waals surface area (Å²) in [6, 6.07) is 2.09. The molecule has 1 aliphatic rings. The summed E-state index contributed by atoms with van der Waals surface area (Å²) in [6.45, 7) is 10.4. The largest absolute Gasteiger partial charge is 0.313 e. The molecule has 1 aliphatic heterocycles. The summed E-state index contributed by atoms with van der Waals surface area (Å²) in [5.74, 6) is 0. The second kappa shape index (κ2) is 8.93. The third-order valence-electron chi connectivity index (χ3n) is 4.69. The Morgan fingerprint density at radius 2 is 2.05 bits per heavy atom. The van der Waals surface area contributed by atoms with Crippen LogP contribution in [0, 0.1) is 0 Å². The van der Waals surface area contributed by atoms with Crippen LogP contribution >= 0.6 is 0 Å². The zero-order valence-corrected chi connectivity index (χ0v) is 13.8. The van der Waals surface area contributed by atoms with Gasteiger partial charge in [0.25, 0.3) is 0 Å². The first-order valence-corrected chi connectivity index (χ1v) is 8.27. The Labute approximate surface area is 120 Å². The molecule has 0 aromatic rings. The van der Waals surface area contributed by atoms with Crippen LogP contribution in [0.3, 0.4) is 0 Å². The maximum absolute atomic E-state index is 3.70. The average Bonchev–Trinajstić information content (AvgIpc) is 2.76. The van der Waals surface area contributed by atoms with Crippen LogP contribution in [0.4, 0.5) is 0 Å². The van der Waals surface area contributed by atoms with Crippen LogP contribution in [0.1, 0.15) is 52.9 Å². The molecule has 0 amide bonds. The highest BCUT2D eigenvalue weighted by molar-refractivity contribution is 4.86. The summed E-state index contributed by atoms with van der Waals surface area (Å²) in [7, 11) is 4.60. The molecule has 1 saturated heterocycles. The average molecular weight is 269 g/mol. The van der Waals surface area contributed by atoms with Crippen molar-refractivity contribution < 1.29 is 0 Å². The molecule has 1 rings (SSSR count). The highest BCUT2D eigenvalue weighted by Crippen LogP contribution is 2.19. The van der Waals surface area contributed by atoms with Gasteiger partial charge in [-0.25, -0.2) is 0 Å². The molecule has 3 heteroatoms. The second-order valence-corrected chi connectivity index (χ2v) is 6.14. The summed E-state index contributed by atoms with van der Waals surface area (Å²) in [5, 5.41) is 3.70. The molecule has 3 atom stereocenters. The van der Waals surface area contributed by atoms with E-state index in [-0.39, 0.29) is 0 Å². The van der Waals surface area contributed by atoms with E-state index in [1.165, 1.54) is 45.2 Å². The van der Waals surface area contributed by atoms with Crippen molar-refractivity contribution in [3.8, 4) is 0 Å². The molecule has 3 unspecified atom stereocenters. The monoisotopic (exact) mass is 269 g/mol. The molecule has 19 heavy (non-hydrogen) atoms. The smallest absolute Gasteiger partial charge is 0.0244 e. The molecule has 1 fully saturated rings. The minimum absolute atomic E-state index is 0.650. The van der Waals surface area contributed by atoms with E-state index in [4.69, 9.17) is 0 Å². The number of likely N-dealkylation sites (N-methyl/N-ethyl adjacent to an activating group) is 3. The molecule has 0 aliphatic carbocycles. The number of nitrogens with zero attached hydrogens (tertiary/aromatic N) is 2. The first-order chi connectivity index (χ1) is 9.13. The Morgan fingerprint density at radius 1 is 1.32 bits per heavy atom. The molecule has 0 radical (unpaired) electrons. The van der Waals surface area contributed by atoms with Crippen LogP contribution in [-0.4, -0.2) is 61.7 Å². The third-order valence-corrected chi connectivity index (χ3v) is 4.69. The highest BCUT2D eigenvalue weighted by atomic mass is 15.2. The van der Waals surface area contributed by atoms with Gasteiger partial charge in [-0.3, -0.25) is 0 Å². The fourth-order valence-electron chi connectivity index (χ4n) is 3.58. The lowest BCUT2D eigenvalue weighted by atomic mass is 9.98. The van der Waals surface area contributed by atoms with Crippen molar-refractivity contribution in [1.82, 2.24) is 15.1 Å². The number of rotatable bonds is 9. The summed E-state index contributed by atoms with van der Waals surface area (Å²) >= 11 is 0. The first-order valence-electron chi connectivity index (χ1n) is 8.27. The van der Waals surface area contributed by atoms with E-state index in [1.54, 1.807) is 0 Å². The van der Waals surface area contributed by atoms with Crippen molar-refractivity contribution in [3.05, 3.63) is 0 Å². The fourth-order valence-corrected chi connectivity index (χ4v) is 3.58. The Balaban J connectivity index is 2.55. The van der Waals surface area contributed by atoms with Crippen LogP contribution < -0.4 is 5.32 Å². The molecular weight excluding hydrogens is 234 g/mol. The van der Waals surface area contributed by atoms with Gasteiger partial charge >= 0.3 is 0 Å². The van der Waals surface area contributed by atoms with Crippen molar-refractivity contribution in [2.75, 3.05) is 33.7 Å². The molecule has 0 aromatic carbocycles. The zero-order valence-electron chi connectivity index (χ0n) is 13.8. The second-order valence-electron chi connectivity index (χ2n) is 6.14. The number of likely N-dealkylation sites (tertiary alicyclic amines) is 1. The lowest BCUT2D eigenvalue weighted by Crippen LogP contribution is -2.51. The van der Waals surface area contributed by atoms with Gasteiger partial charge in [-0.05, 0) is 52.9 Å². The predicted molar refractivity (Wildman–Crippen MR) is 84.7 cm³/mol. The molecule has 0 aromatic heterocycles.